The predicted octanol–water partition coefficient (Wildman–Crippen LogP) is 3.13. The molecule has 76 valence electrons. The van der Waals surface area contributed by atoms with Crippen LogP contribution < -0.4 is 0 Å². The van der Waals surface area contributed by atoms with Gasteiger partial charge in [0.25, 0.3) is 0 Å². The number of carbonyl (C=O) groups excluding carboxylic acids is 1. The minimum absolute atomic E-state index is 0.276. The van der Waals surface area contributed by atoms with Gasteiger partial charge in [0.05, 0.1) is 5.25 Å². The lowest BCUT2D eigenvalue weighted by Crippen LogP contribution is -2.33. The molecule has 0 amide bonds. The van der Waals surface area contributed by atoms with E-state index in [0.717, 1.165) is 25.2 Å². The first-order valence-corrected chi connectivity index (χ1v) is 6.29. The van der Waals surface area contributed by atoms with Crippen molar-refractivity contribution in [2.75, 3.05) is 6.26 Å². The topological polar surface area (TPSA) is 17.1 Å². The van der Waals surface area contributed by atoms with Crippen molar-refractivity contribution in [3.63, 3.8) is 0 Å². The van der Waals surface area contributed by atoms with Gasteiger partial charge in [-0.25, -0.2) is 0 Å². The molecule has 2 heteroatoms. The second-order valence-corrected chi connectivity index (χ2v) is 6.07. The van der Waals surface area contributed by atoms with E-state index in [9.17, 15) is 4.79 Å². The largest absolute Gasteiger partial charge is 0.298 e. The van der Waals surface area contributed by atoms with Gasteiger partial charge in [-0.05, 0) is 30.4 Å². The van der Waals surface area contributed by atoms with Crippen LogP contribution in [0, 0.1) is 11.3 Å². The summed E-state index contributed by atoms with van der Waals surface area (Å²) in [4.78, 5) is 11.5. The van der Waals surface area contributed by atoms with Gasteiger partial charge < -0.3 is 0 Å². The predicted molar refractivity (Wildman–Crippen MR) is 59.1 cm³/mol. The third-order valence-electron chi connectivity index (χ3n) is 3.11. The maximum absolute atomic E-state index is 11.5. The second-order valence-electron chi connectivity index (χ2n) is 5.03. The molecule has 2 unspecified atom stereocenters. The minimum Gasteiger partial charge on any atom is -0.298 e. The summed E-state index contributed by atoms with van der Waals surface area (Å²) >= 11 is 1.72. The first-order chi connectivity index (χ1) is 5.95. The molecule has 0 aromatic rings. The van der Waals surface area contributed by atoms with Crippen molar-refractivity contribution in [1.82, 2.24) is 0 Å². The monoisotopic (exact) mass is 200 g/mol. The van der Waals surface area contributed by atoms with Crippen LogP contribution >= 0.6 is 11.8 Å². The molecule has 0 N–H and O–H groups in total. The lowest BCUT2D eigenvalue weighted by molar-refractivity contribution is -0.121. The molecule has 0 aromatic heterocycles. The lowest BCUT2D eigenvalue weighted by Gasteiger charge is -2.36. The Balaban J connectivity index is 2.60. The standard InChI is InChI=1S/C11H20OS/c1-11(2,3)8-5-6-9(12)10(7-8)13-4/h8,10H,5-7H2,1-4H3. The van der Waals surface area contributed by atoms with Gasteiger partial charge in [-0.3, -0.25) is 4.79 Å². The average molecular weight is 200 g/mol. The summed E-state index contributed by atoms with van der Waals surface area (Å²) in [6.07, 6.45) is 5.03. The molecular weight excluding hydrogens is 180 g/mol. The van der Waals surface area contributed by atoms with E-state index in [1.54, 1.807) is 11.8 Å². The van der Waals surface area contributed by atoms with Crippen molar-refractivity contribution in [2.24, 2.45) is 11.3 Å². The van der Waals surface area contributed by atoms with E-state index >= 15 is 0 Å². The normalized spacial score (nSPS) is 30.6. The van der Waals surface area contributed by atoms with Crippen LogP contribution in [0.2, 0.25) is 0 Å². The summed E-state index contributed by atoms with van der Waals surface area (Å²) in [7, 11) is 0. The fourth-order valence-electron chi connectivity index (χ4n) is 2.00. The van der Waals surface area contributed by atoms with Gasteiger partial charge >= 0.3 is 0 Å². The average Bonchev–Trinajstić information content (AvgIpc) is 2.03. The molecule has 1 aliphatic rings. The van der Waals surface area contributed by atoms with Crippen molar-refractivity contribution < 1.29 is 4.79 Å². The van der Waals surface area contributed by atoms with Crippen molar-refractivity contribution in [3.05, 3.63) is 0 Å². The number of hydrogen-bond donors (Lipinski definition) is 0. The minimum atomic E-state index is 0.276. The number of rotatable bonds is 1. The Kier molecular flexibility index (Phi) is 3.44. The van der Waals surface area contributed by atoms with Crippen LogP contribution in [0.5, 0.6) is 0 Å². The van der Waals surface area contributed by atoms with Gasteiger partial charge in [0.15, 0.2) is 0 Å². The molecule has 2 atom stereocenters. The lowest BCUT2D eigenvalue weighted by atomic mass is 9.72. The van der Waals surface area contributed by atoms with E-state index in [4.69, 9.17) is 0 Å². The molecule has 0 aromatic carbocycles. The molecule has 1 aliphatic carbocycles. The molecule has 1 saturated carbocycles. The zero-order valence-corrected chi connectivity index (χ0v) is 9.91. The van der Waals surface area contributed by atoms with Crippen molar-refractivity contribution in [1.29, 1.82) is 0 Å². The second kappa shape index (κ2) is 4.04. The summed E-state index contributed by atoms with van der Waals surface area (Å²) in [5.74, 6) is 1.19. The van der Waals surface area contributed by atoms with E-state index in [2.05, 4.69) is 20.8 Å². The van der Waals surface area contributed by atoms with Crippen molar-refractivity contribution >= 4 is 17.5 Å². The number of Topliss-reactive ketones (excluding diaryl/α,β-unsaturated/α-hetero) is 1. The zero-order valence-electron chi connectivity index (χ0n) is 9.09. The number of hydrogen-bond acceptors (Lipinski definition) is 2. The van der Waals surface area contributed by atoms with Gasteiger partial charge in [-0.2, -0.15) is 11.8 Å². The maximum atomic E-state index is 11.5. The summed E-state index contributed by atoms with van der Waals surface area (Å²) in [6.45, 7) is 6.85. The summed E-state index contributed by atoms with van der Waals surface area (Å²) in [5, 5.41) is 0.276. The van der Waals surface area contributed by atoms with Gasteiger partial charge in [-0.15, -0.1) is 0 Å². The van der Waals surface area contributed by atoms with Gasteiger partial charge in [-0.1, -0.05) is 20.8 Å². The van der Waals surface area contributed by atoms with Crippen LogP contribution in [-0.4, -0.2) is 17.3 Å². The van der Waals surface area contributed by atoms with Crippen LogP contribution in [0.3, 0.4) is 0 Å². The first kappa shape index (κ1) is 11.1. The van der Waals surface area contributed by atoms with Crippen LogP contribution in [-0.2, 0) is 4.79 Å². The Morgan fingerprint density at radius 1 is 1.38 bits per heavy atom. The van der Waals surface area contributed by atoms with Crippen molar-refractivity contribution in [3.8, 4) is 0 Å². The highest BCUT2D eigenvalue weighted by Gasteiger charge is 2.34. The van der Waals surface area contributed by atoms with Crippen LogP contribution in [0.1, 0.15) is 40.0 Å². The van der Waals surface area contributed by atoms with E-state index in [1.165, 1.54) is 0 Å². The number of thioether (sulfide) groups is 1. The Hall–Kier alpha value is 0.0200. The van der Waals surface area contributed by atoms with Gasteiger partial charge in [0.2, 0.25) is 0 Å². The molecule has 0 saturated heterocycles. The molecule has 13 heavy (non-hydrogen) atoms. The Labute approximate surface area is 85.7 Å². The van der Waals surface area contributed by atoms with Crippen LogP contribution in [0.15, 0.2) is 0 Å². The fourth-order valence-corrected chi connectivity index (χ4v) is 2.80. The first-order valence-electron chi connectivity index (χ1n) is 5.00. The third-order valence-corrected chi connectivity index (χ3v) is 4.13. The van der Waals surface area contributed by atoms with E-state index < -0.39 is 0 Å². The molecular formula is C11H20OS. The van der Waals surface area contributed by atoms with Gasteiger partial charge in [0, 0.05) is 6.42 Å². The van der Waals surface area contributed by atoms with E-state index in [0.29, 0.717) is 11.2 Å². The summed E-state index contributed by atoms with van der Waals surface area (Å²) in [5.41, 5.74) is 0.370. The smallest absolute Gasteiger partial charge is 0.145 e. The number of ketones is 1. The van der Waals surface area contributed by atoms with Crippen LogP contribution in [0.4, 0.5) is 0 Å². The summed E-state index contributed by atoms with van der Waals surface area (Å²) < 4.78 is 0. The zero-order chi connectivity index (χ0) is 10.1. The fraction of sp³-hybridized carbons (Fsp3) is 0.909. The Morgan fingerprint density at radius 2 is 2.00 bits per heavy atom. The highest BCUT2D eigenvalue weighted by Crippen LogP contribution is 2.39. The molecule has 1 rings (SSSR count). The quantitative estimate of drug-likeness (QED) is 0.647. The third kappa shape index (κ3) is 2.73. The summed E-state index contributed by atoms with van der Waals surface area (Å²) in [6, 6.07) is 0. The number of carbonyl (C=O) groups is 1. The van der Waals surface area contributed by atoms with E-state index in [-0.39, 0.29) is 5.25 Å². The van der Waals surface area contributed by atoms with Gasteiger partial charge in [0.1, 0.15) is 5.78 Å². The molecule has 0 heterocycles. The highest BCUT2D eigenvalue weighted by molar-refractivity contribution is 7.99. The highest BCUT2D eigenvalue weighted by atomic mass is 32.2. The SMILES string of the molecule is CSC1CC(C(C)(C)C)CCC1=O. The molecule has 0 spiro atoms. The van der Waals surface area contributed by atoms with Crippen LogP contribution in [0.25, 0.3) is 0 Å². The Morgan fingerprint density at radius 3 is 2.46 bits per heavy atom. The maximum Gasteiger partial charge on any atom is 0.145 e. The van der Waals surface area contributed by atoms with Crippen molar-refractivity contribution in [2.45, 2.75) is 45.3 Å². The molecule has 1 nitrogen and oxygen atoms in total. The molecule has 0 bridgehead atoms. The molecule has 1 fully saturated rings. The Bertz CT molecular complexity index is 193. The van der Waals surface area contributed by atoms with E-state index in [1.807, 2.05) is 6.26 Å². The molecule has 0 aliphatic heterocycles. The molecule has 0 radical (unpaired) electrons.